The Morgan fingerprint density at radius 1 is 1.19 bits per heavy atom. The van der Waals surface area contributed by atoms with Crippen molar-refractivity contribution in [1.29, 1.82) is 0 Å². The second-order valence-corrected chi connectivity index (χ2v) is 5.53. The van der Waals surface area contributed by atoms with Crippen LogP contribution < -0.4 is 10.6 Å². The SMILES string of the molecule is O=C(Nc1cccc(C2=NCCN2)c1)c1ccccc1Br. The van der Waals surface area contributed by atoms with Crippen LogP contribution in [0.4, 0.5) is 5.69 Å². The van der Waals surface area contributed by atoms with Gasteiger partial charge in [-0.1, -0.05) is 24.3 Å². The van der Waals surface area contributed by atoms with Crippen molar-refractivity contribution in [3.63, 3.8) is 0 Å². The third-order valence-corrected chi connectivity index (χ3v) is 3.88. The Morgan fingerprint density at radius 2 is 2.05 bits per heavy atom. The molecule has 0 fully saturated rings. The fraction of sp³-hybridized carbons (Fsp3) is 0.125. The molecule has 2 N–H and O–H groups in total. The number of benzene rings is 2. The van der Waals surface area contributed by atoms with Gasteiger partial charge < -0.3 is 10.6 Å². The average Bonchev–Trinajstić information content (AvgIpc) is 3.02. The van der Waals surface area contributed by atoms with E-state index in [0.717, 1.165) is 34.6 Å². The molecule has 1 aliphatic rings. The summed E-state index contributed by atoms with van der Waals surface area (Å²) < 4.78 is 0.778. The van der Waals surface area contributed by atoms with Gasteiger partial charge in [-0.2, -0.15) is 0 Å². The number of nitrogens with one attached hydrogen (secondary N) is 2. The topological polar surface area (TPSA) is 53.5 Å². The van der Waals surface area contributed by atoms with Crippen LogP contribution in [-0.2, 0) is 0 Å². The Balaban J connectivity index is 1.80. The van der Waals surface area contributed by atoms with Gasteiger partial charge in [-0.05, 0) is 40.2 Å². The normalized spacial score (nSPS) is 13.5. The predicted molar refractivity (Wildman–Crippen MR) is 87.9 cm³/mol. The van der Waals surface area contributed by atoms with Crippen LogP contribution in [0, 0.1) is 0 Å². The van der Waals surface area contributed by atoms with Crippen molar-refractivity contribution >= 4 is 33.4 Å². The quantitative estimate of drug-likeness (QED) is 0.899. The summed E-state index contributed by atoms with van der Waals surface area (Å²) >= 11 is 3.39. The molecule has 0 aromatic heterocycles. The number of hydrogen-bond donors (Lipinski definition) is 2. The van der Waals surface area contributed by atoms with Crippen molar-refractivity contribution in [2.75, 3.05) is 18.4 Å². The smallest absolute Gasteiger partial charge is 0.256 e. The largest absolute Gasteiger partial charge is 0.368 e. The van der Waals surface area contributed by atoms with Crippen molar-refractivity contribution in [2.45, 2.75) is 0 Å². The predicted octanol–water partition coefficient (Wildman–Crippen LogP) is 3.05. The summed E-state index contributed by atoms with van der Waals surface area (Å²) in [7, 11) is 0. The van der Waals surface area contributed by atoms with Crippen LogP contribution in [0.25, 0.3) is 0 Å². The van der Waals surface area contributed by atoms with E-state index in [4.69, 9.17) is 0 Å². The van der Waals surface area contributed by atoms with Crippen molar-refractivity contribution in [2.24, 2.45) is 4.99 Å². The Bertz CT molecular complexity index is 712. The molecule has 0 aliphatic carbocycles. The molecular weight excluding hydrogens is 330 g/mol. The van der Waals surface area contributed by atoms with Crippen LogP contribution in [0.1, 0.15) is 15.9 Å². The fourth-order valence-electron chi connectivity index (χ4n) is 2.18. The van der Waals surface area contributed by atoms with Gasteiger partial charge in [-0.25, -0.2) is 0 Å². The van der Waals surface area contributed by atoms with Crippen LogP contribution in [0.3, 0.4) is 0 Å². The summed E-state index contributed by atoms with van der Waals surface area (Å²) in [5.74, 6) is 0.743. The highest BCUT2D eigenvalue weighted by Crippen LogP contribution is 2.18. The lowest BCUT2D eigenvalue weighted by atomic mass is 10.1. The minimum atomic E-state index is -0.138. The molecule has 1 amide bonds. The maximum atomic E-state index is 12.3. The van der Waals surface area contributed by atoms with E-state index in [-0.39, 0.29) is 5.91 Å². The number of halogens is 1. The zero-order chi connectivity index (χ0) is 14.7. The second kappa shape index (κ2) is 6.10. The maximum absolute atomic E-state index is 12.3. The van der Waals surface area contributed by atoms with E-state index in [1.165, 1.54) is 0 Å². The number of aliphatic imine (C=N–C) groups is 1. The minimum absolute atomic E-state index is 0.138. The monoisotopic (exact) mass is 343 g/mol. The molecule has 0 atom stereocenters. The average molecular weight is 344 g/mol. The van der Waals surface area contributed by atoms with E-state index in [9.17, 15) is 4.79 Å². The van der Waals surface area contributed by atoms with Crippen LogP contribution >= 0.6 is 15.9 Å². The lowest BCUT2D eigenvalue weighted by Gasteiger charge is -2.09. The first-order valence-corrected chi connectivity index (χ1v) is 7.48. The number of nitrogens with zero attached hydrogens (tertiary/aromatic N) is 1. The summed E-state index contributed by atoms with van der Waals surface area (Å²) in [6.07, 6.45) is 0. The van der Waals surface area contributed by atoms with Crippen LogP contribution in [-0.4, -0.2) is 24.8 Å². The Hall–Kier alpha value is -2.14. The van der Waals surface area contributed by atoms with Crippen molar-refractivity contribution in [3.05, 3.63) is 64.1 Å². The van der Waals surface area contributed by atoms with Gasteiger partial charge in [0.2, 0.25) is 0 Å². The van der Waals surface area contributed by atoms with Gasteiger partial charge in [0.05, 0.1) is 12.1 Å². The number of amides is 1. The zero-order valence-corrected chi connectivity index (χ0v) is 12.9. The Morgan fingerprint density at radius 3 is 2.81 bits per heavy atom. The van der Waals surface area contributed by atoms with E-state index in [2.05, 4.69) is 31.6 Å². The highest BCUT2D eigenvalue weighted by Gasteiger charge is 2.11. The number of carbonyl (C=O) groups is 1. The highest BCUT2D eigenvalue weighted by atomic mass is 79.9. The molecule has 0 saturated heterocycles. The molecule has 4 nitrogen and oxygen atoms in total. The first-order chi connectivity index (χ1) is 10.2. The molecule has 2 aromatic rings. The minimum Gasteiger partial charge on any atom is -0.368 e. The molecule has 0 bridgehead atoms. The molecule has 0 saturated carbocycles. The van der Waals surface area contributed by atoms with Crippen molar-refractivity contribution in [3.8, 4) is 0 Å². The van der Waals surface area contributed by atoms with Crippen molar-refractivity contribution < 1.29 is 4.79 Å². The lowest BCUT2D eigenvalue weighted by molar-refractivity contribution is 0.102. The number of rotatable bonds is 3. The third-order valence-electron chi connectivity index (χ3n) is 3.19. The Kier molecular flexibility index (Phi) is 4.01. The van der Waals surface area contributed by atoms with Crippen LogP contribution in [0.15, 0.2) is 58.0 Å². The molecule has 0 radical (unpaired) electrons. The fourth-order valence-corrected chi connectivity index (χ4v) is 2.64. The van der Waals surface area contributed by atoms with Crippen LogP contribution in [0.5, 0.6) is 0 Å². The van der Waals surface area contributed by atoms with Gasteiger partial charge in [0.25, 0.3) is 5.91 Å². The standard InChI is InChI=1S/C16H14BrN3O/c17-14-7-2-1-6-13(14)16(21)20-12-5-3-4-11(10-12)15-18-8-9-19-15/h1-7,10H,8-9H2,(H,18,19)(H,20,21). The molecular formula is C16H14BrN3O. The van der Waals surface area contributed by atoms with E-state index < -0.39 is 0 Å². The van der Waals surface area contributed by atoms with Gasteiger partial charge in [0, 0.05) is 22.3 Å². The first-order valence-electron chi connectivity index (χ1n) is 6.69. The molecule has 1 heterocycles. The number of anilines is 1. The molecule has 21 heavy (non-hydrogen) atoms. The van der Waals surface area contributed by atoms with Gasteiger partial charge >= 0.3 is 0 Å². The molecule has 0 spiro atoms. The van der Waals surface area contributed by atoms with Gasteiger partial charge in [0.15, 0.2) is 0 Å². The summed E-state index contributed by atoms with van der Waals surface area (Å²) in [5, 5.41) is 6.14. The summed E-state index contributed by atoms with van der Waals surface area (Å²) in [5.41, 5.74) is 2.35. The number of hydrogen-bond acceptors (Lipinski definition) is 3. The molecule has 5 heteroatoms. The molecule has 2 aromatic carbocycles. The third kappa shape index (κ3) is 3.13. The molecule has 0 unspecified atom stereocenters. The van der Waals surface area contributed by atoms with Crippen LogP contribution in [0.2, 0.25) is 0 Å². The van der Waals surface area contributed by atoms with Gasteiger partial charge in [-0.15, -0.1) is 0 Å². The van der Waals surface area contributed by atoms with Gasteiger partial charge in [0.1, 0.15) is 5.84 Å². The molecule has 1 aliphatic heterocycles. The van der Waals surface area contributed by atoms with Crippen molar-refractivity contribution in [1.82, 2.24) is 5.32 Å². The van der Waals surface area contributed by atoms with E-state index >= 15 is 0 Å². The van der Waals surface area contributed by atoms with E-state index in [1.807, 2.05) is 42.5 Å². The first kappa shape index (κ1) is 13.8. The zero-order valence-electron chi connectivity index (χ0n) is 11.3. The second-order valence-electron chi connectivity index (χ2n) is 4.67. The summed E-state index contributed by atoms with van der Waals surface area (Å²) in [4.78, 5) is 16.7. The van der Waals surface area contributed by atoms with E-state index in [1.54, 1.807) is 6.07 Å². The molecule has 3 rings (SSSR count). The number of amidine groups is 1. The summed E-state index contributed by atoms with van der Waals surface area (Å²) in [6, 6.07) is 15.0. The maximum Gasteiger partial charge on any atom is 0.256 e. The molecule has 106 valence electrons. The lowest BCUT2D eigenvalue weighted by Crippen LogP contribution is -2.20. The Labute approximate surface area is 131 Å². The highest BCUT2D eigenvalue weighted by molar-refractivity contribution is 9.10. The van der Waals surface area contributed by atoms with E-state index in [0.29, 0.717) is 5.56 Å². The number of carbonyl (C=O) groups excluding carboxylic acids is 1. The van der Waals surface area contributed by atoms with Gasteiger partial charge in [-0.3, -0.25) is 9.79 Å². The summed E-state index contributed by atoms with van der Waals surface area (Å²) in [6.45, 7) is 1.66.